The molecule has 0 spiro atoms. The van der Waals surface area contributed by atoms with E-state index in [0.29, 0.717) is 0 Å². The van der Waals surface area contributed by atoms with Crippen molar-refractivity contribution in [2.24, 2.45) is 0 Å². The van der Waals surface area contributed by atoms with E-state index in [9.17, 15) is 9.59 Å². The van der Waals surface area contributed by atoms with Crippen LogP contribution in [-0.4, -0.2) is 17.0 Å². The first-order chi connectivity index (χ1) is 6.16. The Labute approximate surface area is 79.8 Å². The van der Waals surface area contributed by atoms with Crippen LogP contribution in [0.15, 0.2) is 24.3 Å². The van der Waals surface area contributed by atoms with E-state index in [4.69, 9.17) is 5.11 Å². The maximum Gasteiger partial charge on any atom is 0.350 e. The van der Waals surface area contributed by atoms with E-state index in [1.165, 1.54) is 18.2 Å². The van der Waals surface area contributed by atoms with Crippen LogP contribution in [-0.2, 0) is 4.18 Å². The smallest absolute Gasteiger partial charge is 0.350 e. The second kappa shape index (κ2) is 3.95. The first-order valence-electron chi connectivity index (χ1n) is 3.35. The third kappa shape index (κ3) is 2.00. The number of aromatic carboxylic acids is 1. The Bertz CT molecular complexity index is 348. The summed E-state index contributed by atoms with van der Waals surface area (Å²) in [6.45, 7) is 0. The Morgan fingerprint density at radius 3 is 2.23 bits per heavy atom. The van der Waals surface area contributed by atoms with Gasteiger partial charge in [-0.2, -0.15) is 0 Å². The van der Waals surface area contributed by atoms with Crippen LogP contribution in [0.1, 0.15) is 20.7 Å². The molecule has 0 radical (unpaired) electrons. The minimum Gasteiger partial charge on any atom is -0.478 e. The number of benzene rings is 1. The summed E-state index contributed by atoms with van der Waals surface area (Å²) in [5.41, 5.74) is -0.105. The van der Waals surface area contributed by atoms with Gasteiger partial charge in [-0.25, -0.2) is 9.59 Å². The fraction of sp³-hybridized carbons (Fsp3) is 0. The monoisotopic (exact) mass is 198 g/mol. The highest BCUT2D eigenvalue weighted by Gasteiger charge is 2.15. The fourth-order valence-corrected chi connectivity index (χ4v) is 0.995. The molecule has 0 fully saturated rings. The average molecular weight is 198 g/mol. The van der Waals surface area contributed by atoms with Crippen molar-refractivity contribution in [3.63, 3.8) is 0 Å². The molecule has 5 heteroatoms. The molecular formula is C8H6O4S. The van der Waals surface area contributed by atoms with E-state index in [0.717, 1.165) is 0 Å². The Hall–Kier alpha value is -1.49. The zero-order chi connectivity index (χ0) is 9.84. The quantitative estimate of drug-likeness (QED) is 0.556. The van der Waals surface area contributed by atoms with E-state index in [2.05, 4.69) is 17.1 Å². The SMILES string of the molecule is O=C(O)c1ccccc1C(=O)OS. The van der Waals surface area contributed by atoms with Gasteiger partial charge in [-0.3, -0.25) is 0 Å². The van der Waals surface area contributed by atoms with Crippen LogP contribution in [0, 0.1) is 0 Å². The molecule has 1 N–H and O–H groups in total. The zero-order valence-corrected chi connectivity index (χ0v) is 7.32. The lowest BCUT2D eigenvalue weighted by atomic mass is 10.1. The Balaban J connectivity index is 3.19. The molecule has 0 atom stereocenters. The highest BCUT2D eigenvalue weighted by molar-refractivity contribution is 7.75. The van der Waals surface area contributed by atoms with Gasteiger partial charge in [0, 0.05) is 12.9 Å². The van der Waals surface area contributed by atoms with Crippen molar-refractivity contribution in [1.29, 1.82) is 0 Å². The van der Waals surface area contributed by atoms with Gasteiger partial charge in [-0.1, -0.05) is 12.1 Å². The van der Waals surface area contributed by atoms with Crippen molar-refractivity contribution in [2.75, 3.05) is 0 Å². The molecule has 13 heavy (non-hydrogen) atoms. The Morgan fingerprint density at radius 1 is 1.23 bits per heavy atom. The van der Waals surface area contributed by atoms with Crippen LogP contribution in [0.4, 0.5) is 0 Å². The van der Waals surface area contributed by atoms with Crippen molar-refractivity contribution in [3.8, 4) is 0 Å². The van der Waals surface area contributed by atoms with Gasteiger partial charge in [0.1, 0.15) is 0 Å². The number of rotatable bonds is 2. The summed E-state index contributed by atoms with van der Waals surface area (Å²) >= 11 is 3.30. The normalized spacial score (nSPS) is 9.31. The molecule has 4 nitrogen and oxygen atoms in total. The maximum atomic E-state index is 11.0. The molecule has 0 saturated carbocycles. The highest BCUT2D eigenvalue weighted by Crippen LogP contribution is 2.10. The Morgan fingerprint density at radius 2 is 1.77 bits per heavy atom. The van der Waals surface area contributed by atoms with Gasteiger partial charge in [0.15, 0.2) is 0 Å². The van der Waals surface area contributed by atoms with Crippen LogP contribution in [0.5, 0.6) is 0 Å². The van der Waals surface area contributed by atoms with E-state index in [-0.39, 0.29) is 11.1 Å². The van der Waals surface area contributed by atoms with Crippen LogP contribution in [0.25, 0.3) is 0 Å². The molecule has 0 unspecified atom stereocenters. The lowest BCUT2D eigenvalue weighted by Gasteiger charge is -2.01. The van der Waals surface area contributed by atoms with Gasteiger partial charge in [-0.05, 0) is 12.1 Å². The molecule has 1 rings (SSSR count). The highest BCUT2D eigenvalue weighted by atomic mass is 32.1. The van der Waals surface area contributed by atoms with Crippen LogP contribution < -0.4 is 0 Å². The second-order valence-electron chi connectivity index (χ2n) is 2.23. The molecule has 1 aromatic carbocycles. The Kier molecular flexibility index (Phi) is 2.92. The molecule has 1 aromatic rings. The summed E-state index contributed by atoms with van der Waals surface area (Å²) < 4.78 is 4.12. The molecule has 0 aromatic heterocycles. The second-order valence-corrected chi connectivity index (χ2v) is 2.41. The first-order valence-corrected chi connectivity index (χ1v) is 3.71. The van der Waals surface area contributed by atoms with Gasteiger partial charge < -0.3 is 9.29 Å². The minimum absolute atomic E-state index is 0.00926. The van der Waals surface area contributed by atoms with E-state index in [1.807, 2.05) is 0 Å². The van der Waals surface area contributed by atoms with Crippen LogP contribution in [0.2, 0.25) is 0 Å². The minimum atomic E-state index is -1.17. The largest absolute Gasteiger partial charge is 0.478 e. The number of carbonyl (C=O) groups is 2. The van der Waals surface area contributed by atoms with Crippen molar-refractivity contribution >= 4 is 24.8 Å². The fourth-order valence-electron chi connectivity index (χ4n) is 0.897. The topological polar surface area (TPSA) is 63.6 Å². The third-order valence-corrected chi connectivity index (χ3v) is 1.63. The molecule has 0 bridgehead atoms. The number of carbonyl (C=O) groups excluding carboxylic acids is 1. The lowest BCUT2D eigenvalue weighted by molar-refractivity contribution is 0.0677. The van der Waals surface area contributed by atoms with Crippen molar-refractivity contribution in [2.45, 2.75) is 0 Å². The molecule has 0 amide bonds. The van der Waals surface area contributed by atoms with Crippen molar-refractivity contribution in [3.05, 3.63) is 35.4 Å². The van der Waals surface area contributed by atoms with Crippen LogP contribution in [0.3, 0.4) is 0 Å². The first kappa shape index (κ1) is 9.60. The summed E-state index contributed by atoms with van der Waals surface area (Å²) in [6.07, 6.45) is 0. The standard InChI is InChI=1S/C8H6O4S/c9-7(10)5-3-1-2-4-6(5)8(11)12-13/h1-4,13H,(H,9,10). The molecule has 0 aliphatic rings. The number of hydrogen-bond donors (Lipinski definition) is 2. The molecule has 0 aliphatic carbocycles. The van der Waals surface area contributed by atoms with Gasteiger partial charge >= 0.3 is 11.9 Å². The van der Waals surface area contributed by atoms with E-state index < -0.39 is 11.9 Å². The predicted molar refractivity (Wildman–Crippen MR) is 47.8 cm³/mol. The summed E-state index contributed by atoms with van der Waals surface area (Å²) in [4.78, 5) is 21.6. The predicted octanol–water partition coefficient (Wildman–Crippen LogP) is 1.39. The number of thiol groups is 1. The summed E-state index contributed by atoms with van der Waals surface area (Å²) in [6, 6.07) is 5.76. The molecular weight excluding hydrogens is 192 g/mol. The zero-order valence-electron chi connectivity index (χ0n) is 6.43. The summed E-state index contributed by atoms with van der Waals surface area (Å²) in [5.74, 6) is -1.95. The number of carboxylic acids is 1. The molecule has 68 valence electrons. The van der Waals surface area contributed by atoms with E-state index >= 15 is 0 Å². The summed E-state index contributed by atoms with van der Waals surface area (Å²) in [7, 11) is 0. The third-order valence-electron chi connectivity index (χ3n) is 1.46. The molecule has 0 aliphatic heterocycles. The lowest BCUT2D eigenvalue weighted by Crippen LogP contribution is -2.07. The van der Waals surface area contributed by atoms with E-state index in [1.54, 1.807) is 6.07 Å². The van der Waals surface area contributed by atoms with Gasteiger partial charge in [0.25, 0.3) is 0 Å². The van der Waals surface area contributed by atoms with Gasteiger partial charge in [-0.15, -0.1) is 0 Å². The number of hydrogen-bond acceptors (Lipinski definition) is 4. The maximum absolute atomic E-state index is 11.0. The van der Waals surface area contributed by atoms with Crippen molar-refractivity contribution < 1.29 is 18.9 Å². The van der Waals surface area contributed by atoms with Gasteiger partial charge in [0.05, 0.1) is 11.1 Å². The molecule has 0 saturated heterocycles. The molecule has 0 heterocycles. The van der Waals surface area contributed by atoms with Crippen LogP contribution >= 0.6 is 12.9 Å². The number of carboxylic acid groups (broad SMARTS) is 1. The van der Waals surface area contributed by atoms with Crippen molar-refractivity contribution in [1.82, 2.24) is 0 Å². The summed E-state index contributed by atoms with van der Waals surface area (Å²) in [5, 5.41) is 8.68. The van der Waals surface area contributed by atoms with Gasteiger partial charge in [0.2, 0.25) is 0 Å². The average Bonchev–Trinajstić information content (AvgIpc) is 2.16.